The van der Waals surface area contributed by atoms with E-state index in [1.165, 1.54) is 25.3 Å². The van der Waals surface area contributed by atoms with Crippen LogP contribution in [-0.2, 0) is 28.5 Å². The number of ether oxygens (including phenoxy) is 4. The zero-order chi connectivity index (χ0) is 33.4. The summed E-state index contributed by atoms with van der Waals surface area (Å²) in [4.78, 5) is 48.6. The number of benzene rings is 2. The Bertz CT molecular complexity index is 1340. The summed E-state index contributed by atoms with van der Waals surface area (Å²) in [5.74, 6) is -0.771. The second kappa shape index (κ2) is 15.0. The van der Waals surface area contributed by atoms with Gasteiger partial charge in [0.2, 0.25) is 0 Å². The van der Waals surface area contributed by atoms with Gasteiger partial charge in [-0.2, -0.15) is 0 Å². The van der Waals surface area contributed by atoms with Crippen molar-refractivity contribution in [2.24, 2.45) is 0 Å². The third kappa shape index (κ3) is 8.19. The lowest BCUT2D eigenvalue weighted by atomic mass is 9.82. The van der Waals surface area contributed by atoms with E-state index in [2.05, 4.69) is 34.9 Å². The fraction of sp³-hybridized carbons (Fsp3) is 0.556. The Morgan fingerprint density at radius 2 is 1.09 bits per heavy atom. The summed E-state index contributed by atoms with van der Waals surface area (Å²) in [7, 11) is 2.70. The van der Waals surface area contributed by atoms with E-state index in [0.29, 0.717) is 25.7 Å². The van der Waals surface area contributed by atoms with E-state index in [4.69, 9.17) is 18.9 Å². The van der Waals surface area contributed by atoms with E-state index in [9.17, 15) is 19.2 Å². The first kappa shape index (κ1) is 34.8. The van der Waals surface area contributed by atoms with Crippen molar-refractivity contribution in [1.82, 2.24) is 10.6 Å². The van der Waals surface area contributed by atoms with Crippen LogP contribution in [0.15, 0.2) is 48.5 Å². The summed E-state index contributed by atoms with van der Waals surface area (Å²) in [5.41, 5.74) is 2.26. The number of amides is 2. The molecule has 5 rings (SSSR count). The quantitative estimate of drug-likeness (QED) is 0.262. The molecular formula is C36H48N2O8. The van der Waals surface area contributed by atoms with Crippen molar-refractivity contribution in [3.8, 4) is 11.1 Å². The van der Waals surface area contributed by atoms with Gasteiger partial charge in [-0.25, -0.2) is 19.2 Å². The molecule has 0 spiro atoms. The molecule has 10 nitrogen and oxygen atoms in total. The van der Waals surface area contributed by atoms with Crippen LogP contribution in [-0.4, -0.2) is 61.6 Å². The van der Waals surface area contributed by atoms with Crippen molar-refractivity contribution in [3.05, 3.63) is 59.7 Å². The largest absolute Gasteiger partial charge is 0.467 e. The molecule has 2 aromatic rings. The topological polar surface area (TPSA) is 129 Å². The number of hydrogen-bond donors (Lipinski definition) is 2. The lowest BCUT2D eigenvalue weighted by Crippen LogP contribution is -2.57. The molecule has 0 saturated heterocycles. The van der Waals surface area contributed by atoms with Crippen molar-refractivity contribution < 1.29 is 38.1 Å². The first-order chi connectivity index (χ1) is 21.9. The summed E-state index contributed by atoms with van der Waals surface area (Å²) in [6, 6.07) is 16.4. The lowest BCUT2D eigenvalue weighted by Gasteiger charge is -2.35. The van der Waals surface area contributed by atoms with Gasteiger partial charge >= 0.3 is 24.1 Å². The summed E-state index contributed by atoms with van der Waals surface area (Å²) in [6.45, 7) is 5.60. The Kier molecular flexibility index (Phi) is 11.3. The minimum atomic E-state index is -0.963. The maximum atomic E-state index is 12.6. The van der Waals surface area contributed by atoms with E-state index in [-0.39, 0.29) is 24.5 Å². The normalized spacial score (nSPS) is 17.9. The fourth-order valence-electron chi connectivity index (χ4n) is 6.79. The molecule has 0 atom stereocenters. The van der Waals surface area contributed by atoms with Gasteiger partial charge in [-0.15, -0.1) is 0 Å². The molecule has 0 unspecified atom stereocenters. The van der Waals surface area contributed by atoms with Crippen LogP contribution in [0.25, 0.3) is 11.1 Å². The van der Waals surface area contributed by atoms with Crippen LogP contribution in [0.4, 0.5) is 9.59 Å². The minimum Gasteiger partial charge on any atom is -0.467 e. The van der Waals surface area contributed by atoms with Gasteiger partial charge < -0.3 is 29.6 Å². The summed E-state index contributed by atoms with van der Waals surface area (Å²) >= 11 is 0. The highest BCUT2D eigenvalue weighted by atomic mass is 16.6. The van der Waals surface area contributed by atoms with Gasteiger partial charge in [0.1, 0.15) is 23.3 Å². The van der Waals surface area contributed by atoms with Gasteiger partial charge in [0.15, 0.2) is 0 Å². The maximum Gasteiger partial charge on any atom is 0.408 e. The number of nitrogens with one attached hydrogen (secondary N) is 2. The Labute approximate surface area is 271 Å². The van der Waals surface area contributed by atoms with Crippen molar-refractivity contribution in [3.63, 3.8) is 0 Å². The van der Waals surface area contributed by atoms with Crippen LogP contribution in [0.1, 0.15) is 102 Å². The highest BCUT2D eigenvalue weighted by molar-refractivity contribution is 5.86. The molecule has 0 radical (unpaired) electrons. The predicted octanol–water partition coefficient (Wildman–Crippen LogP) is 6.79. The van der Waals surface area contributed by atoms with E-state index in [0.717, 1.165) is 49.7 Å². The monoisotopic (exact) mass is 636 g/mol. The Balaban J connectivity index is 0.000000232. The van der Waals surface area contributed by atoms with E-state index >= 15 is 0 Å². The van der Waals surface area contributed by atoms with Crippen molar-refractivity contribution >= 4 is 24.1 Å². The molecule has 0 aromatic heterocycles. The smallest absolute Gasteiger partial charge is 0.408 e. The van der Waals surface area contributed by atoms with Crippen LogP contribution in [0.3, 0.4) is 0 Å². The molecule has 2 saturated carbocycles. The van der Waals surface area contributed by atoms with Crippen LogP contribution in [0.5, 0.6) is 0 Å². The first-order valence-electron chi connectivity index (χ1n) is 16.2. The van der Waals surface area contributed by atoms with Gasteiger partial charge in [0.05, 0.1) is 14.2 Å². The summed E-state index contributed by atoms with van der Waals surface area (Å²) in [5, 5.41) is 5.52. The second-order valence-corrected chi connectivity index (χ2v) is 13.3. The molecule has 2 fully saturated rings. The van der Waals surface area contributed by atoms with E-state index < -0.39 is 28.9 Å². The van der Waals surface area contributed by atoms with Gasteiger partial charge in [0.25, 0.3) is 0 Å². The fourth-order valence-corrected chi connectivity index (χ4v) is 6.79. The molecule has 2 amide bonds. The molecule has 2 N–H and O–H groups in total. The SMILES string of the molecule is COC(=O)C1(NC(=O)OC(C)(C)C)CCCCC1.COC(=O)C1(NC(=O)OCC2c3ccccc3-c3ccccc32)CCCCC1. The molecule has 46 heavy (non-hydrogen) atoms. The highest BCUT2D eigenvalue weighted by Crippen LogP contribution is 2.44. The Hall–Kier alpha value is -4.08. The Morgan fingerprint density at radius 1 is 0.674 bits per heavy atom. The van der Waals surface area contributed by atoms with Gasteiger partial charge in [-0.1, -0.05) is 87.1 Å². The standard InChI is InChI=1S/C23H25NO4.C13H23NO4/c1-27-21(25)23(13-7-2-8-14-23)24-22(26)28-15-20-18-11-5-3-9-16(18)17-10-4-6-12-19(17)20;1-12(2,3)18-11(16)14-13(10(15)17-4)8-6-5-7-9-13/h3-6,9-12,20H,2,7-8,13-15H2,1H3,(H,24,26);5-9H2,1-4H3,(H,14,16). The third-order valence-electron chi connectivity index (χ3n) is 8.99. The molecule has 0 aliphatic heterocycles. The summed E-state index contributed by atoms with van der Waals surface area (Å²) < 4.78 is 20.6. The van der Waals surface area contributed by atoms with Crippen LogP contribution in [0, 0.1) is 0 Å². The lowest BCUT2D eigenvalue weighted by molar-refractivity contribution is -0.150. The van der Waals surface area contributed by atoms with Gasteiger partial charge in [-0.3, -0.25) is 0 Å². The molecule has 2 aromatic carbocycles. The number of methoxy groups -OCH3 is 2. The molecule has 0 bridgehead atoms. The van der Waals surface area contributed by atoms with Crippen molar-refractivity contribution in [2.45, 2.75) is 108 Å². The predicted molar refractivity (Wildman–Crippen MR) is 173 cm³/mol. The molecule has 3 aliphatic rings. The number of fused-ring (bicyclic) bond motifs is 3. The number of alkyl carbamates (subject to hydrolysis) is 2. The number of carbonyl (C=O) groups excluding carboxylic acids is 4. The number of carbonyl (C=O) groups is 4. The zero-order valence-corrected chi connectivity index (χ0v) is 27.7. The molecule has 3 aliphatic carbocycles. The average molecular weight is 637 g/mol. The van der Waals surface area contributed by atoms with E-state index in [1.807, 2.05) is 24.3 Å². The molecule has 250 valence electrons. The van der Waals surface area contributed by atoms with Gasteiger partial charge in [-0.05, 0) is 68.7 Å². The first-order valence-corrected chi connectivity index (χ1v) is 16.2. The maximum absolute atomic E-state index is 12.6. The zero-order valence-electron chi connectivity index (χ0n) is 27.7. The third-order valence-corrected chi connectivity index (χ3v) is 8.99. The van der Waals surface area contributed by atoms with Crippen molar-refractivity contribution in [1.29, 1.82) is 0 Å². The number of rotatable bonds is 6. The minimum absolute atomic E-state index is 0.00131. The van der Waals surface area contributed by atoms with E-state index in [1.54, 1.807) is 20.8 Å². The van der Waals surface area contributed by atoms with Crippen molar-refractivity contribution in [2.75, 3.05) is 20.8 Å². The number of esters is 2. The van der Waals surface area contributed by atoms with Crippen LogP contribution in [0.2, 0.25) is 0 Å². The molecular weight excluding hydrogens is 588 g/mol. The number of hydrogen-bond acceptors (Lipinski definition) is 8. The van der Waals surface area contributed by atoms with Crippen LogP contribution >= 0.6 is 0 Å². The molecule has 0 heterocycles. The van der Waals surface area contributed by atoms with Crippen LogP contribution < -0.4 is 10.6 Å². The summed E-state index contributed by atoms with van der Waals surface area (Å²) in [6.07, 6.45) is 7.00. The molecule has 10 heteroatoms. The van der Waals surface area contributed by atoms with Gasteiger partial charge in [0, 0.05) is 5.92 Å². The highest BCUT2D eigenvalue weighted by Gasteiger charge is 2.44. The second-order valence-electron chi connectivity index (χ2n) is 13.3. The Morgan fingerprint density at radius 3 is 1.50 bits per heavy atom. The average Bonchev–Trinajstić information content (AvgIpc) is 3.36.